The molecule has 4 heteroatoms. The molecule has 0 fully saturated rings. The Labute approximate surface area is 71.4 Å². The number of halogens is 2. The van der Waals surface area contributed by atoms with Crippen LogP contribution < -0.4 is 0 Å². The van der Waals surface area contributed by atoms with Crippen LogP contribution in [0.1, 0.15) is 18.9 Å². The Hall–Kier alpha value is 0.0400. The minimum atomic E-state index is -1.31. The summed E-state index contributed by atoms with van der Waals surface area (Å²) < 4.78 is 13.8. The third-order valence-electron chi connectivity index (χ3n) is 0.985. The Morgan fingerprint density at radius 1 is 1.70 bits per heavy atom. The minimum Gasteiger partial charge on any atom is -0.237 e. The van der Waals surface area contributed by atoms with Crippen molar-refractivity contribution in [2.75, 3.05) is 0 Å². The minimum absolute atomic E-state index is 0.513. The maximum absolute atomic E-state index is 13.1. The fourth-order valence-electron chi connectivity index (χ4n) is 0.527. The summed E-state index contributed by atoms with van der Waals surface area (Å²) in [7, 11) is 0. The number of hydrogen-bond donors (Lipinski definition) is 0. The first-order valence-corrected chi connectivity index (χ1v) is 4.48. The summed E-state index contributed by atoms with van der Waals surface area (Å²) >= 11 is 4.48. The zero-order chi connectivity index (χ0) is 7.78. The lowest BCUT2D eigenvalue weighted by Gasteiger charge is -2.08. The maximum atomic E-state index is 13.1. The van der Waals surface area contributed by atoms with Crippen molar-refractivity contribution in [3.8, 4) is 0 Å². The summed E-state index contributed by atoms with van der Waals surface area (Å²) in [4.78, 5) is 3.94. The molecule has 0 saturated heterocycles. The van der Waals surface area contributed by atoms with E-state index in [4.69, 9.17) is 0 Å². The Balaban J connectivity index is 2.96. The monoisotopic (exact) mass is 223 g/mol. The predicted octanol–water partition coefficient (Wildman–Crippen LogP) is 3.11. The van der Waals surface area contributed by atoms with Gasteiger partial charge in [-0.25, -0.2) is 9.37 Å². The molecule has 1 rings (SSSR count). The average molecular weight is 224 g/mol. The molecule has 1 aromatic rings. The summed E-state index contributed by atoms with van der Waals surface area (Å²) in [6.45, 7) is 3.00. The molecule has 1 aromatic heterocycles. The molecular formula is C6H7BrFNS. The molecular weight excluding hydrogens is 217 g/mol. The van der Waals surface area contributed by atoms with Gasteiger partial charge in [-0.3, -0.25) is 0 Å². The third kappa shape index (κ3) is 1.76. The quantitative estimate of drug-likeness (QED) is 0.714. The molecule has 0 aliphatic heterocycles. The molecule has 0 aliphatic carbocycles. The summed E-state index contributed by atoms with van der Waals surface area (Å²) in [6, 6.07) is 0. The van der Waals surface area contributed by atoms with Crippen molar-refractivity contribution in [3.05, 3.63) is 15.0 Å². The van der Waals surface area contributed by atoms with Crippen LogP contribution in [0.25, 0.3) is 0 Å². The van der Waals surface area contributed by atoms with Crippen molar-refractivity contribution in [2.45, 2.75) is 19.5 Å². The van der Waals surface area contributed by atoms with Crippen molar-refractivity contribution in [3.63, 3.8) is 0 Å². The molecule has 0 aromatic carbocycles. The molecule has 0 aliphatic rings. The molecule has 0 unspecified atom stereocenters. The van der Waals surface area contributed by atoms with Gasteiger partial charge in [0.2, 0.25) is 0 Å². The number of rotatable bonds is 1. The number of alkyl halides is 1. The van der Waals surface area contributed by atoms with E-state index in [0.717, 1.165) is 0 Å². The average Bonchev–Trinajstić information content (AvgIpc) is 2.11. The fraction of sp³-hybridized carbons (Fsp3) is 0.500. The molecule has 56 valence electrons. The van der Waals surface area contributed by atoms with E-state index in [2.05, 4.69) is 20.9 Å². The van der Waals surface area contributed by atoms with E-state index in [9.17, 15) is 4.39 Å². The highest BCUT2D eigenvalue weighted by Gasteiger charge is 2.22. The van der Waals surface area contributed by atoms with Gasteiger partial charge in [-0.05, 0) is 29.8 Å². The first-order chi connectivity index (χ1) is 4.50. The molecule has 0 atom stereocenters. The van der Waals surface area contributed by atoms with Gasteiger partial charge in [-0.2, -0.15) is 0 Å². The van der Waals surface area contributed by atoms with Crippen molar-refractivity contribution in [2.24, 2.45) is 0 Å². The van der Waals surface area contributed by atoms with E-state index in [-0.39, 0.29) is 0 Å². The van der Waals surface area contributed by atoms with Crippen LogP contribution in [0.5, 0.6) is 0 Å². The smallest absolute Gasteiger partial charge is 0.156 e. The van der Waals surface area contributed by atoms with E-state index in [1.165, 1.54) is 25.2 Å². The Kier molecular flexibility index (Phi) is 2.10. The topological polar surface area (TPSA) is 12.9 Å². The number of nitrogens with zero attached hydrogens (tertiary/aromatic N) is 1. The van der Waals surface area contributed by atoms with E-state index < -0.39 is 5.67 Å². The fourth-order valence-corrected chi connectivity index (χ4v) is 1.80. The second-order valence-corrected chi connectivity index (χ2v) is 4.12. The van der Waals surface area contributed by atoms with E-state index in [1.807, 2.05) is 0 Å². The molecule has 0 saturated carbocycles. The molecule has 0 radical (unpaired) electrons. The maximum Gasteiger partial charge on any atom is 0.156 e. The molecule has 10 heavy (non-hydrogen) atoms. The van der Waals surface area contributed by atoms with Gasteiger partial charge in [0, 0.05) is 5.38 Å². The second kappa shape index (κ2) is 2.58. The Bertz CT molecular complexity index is 228. The molecule has 0 spiro atoms. The van der Waals surface area contributed by atoms with E-state index >= 15 is 0 Å². The summed E-state index contributed by atoms with van der Waals surface area (Å²) in [6.07, 6.45) is 0. The van der Waals surface area contributed by atoms with Crippen molar-refractivity contribution < 1.29 is 4.39 Å². The van der Waals surface area contributed by atoms with Gasteiger partial charge in [0.05, 0.1) is 0 Å². The van der Waals surface area contributed by atoms with Crippen LogP contribution in [-0.2, 0) is 5.67 Å². The van der Waals surface area contributed by atoms with Gasteiger partial charge in [-0.1, -0.05) is 0 Å². The van der Waals surface area contributed by atoms with E-state index in [0.29, 0.717) is 9.61 Å². The lowest BCUT2D eigenvalue weighted by atomic mass is 10.2. The summed E-state index contributed by atoms with van der Waals surface area (Å²) in [5.74, 6) is 0. The normalized spacial score (nSPS) is 12.0. The molecule has 1 nitrogen and oxygen atoms in total. The van der Waals surface area contributed by atoms with Crippen LogP contribution in [-0.4, -0.2) is 4.98 Å². The zero-order valence-electron chi connectivity index (χ0n) is 5.69. The van der Waals surface area contributed by atoms with Crippen LogP contribution in [0, 0.1) is 0 Å². The molecule has 0 N–H and O–H groups in total. The van der Waals surface area contributed by atoms with Gasteiger partial charge < -0.3 is 0 Å². The van der Waals surface area contributed by atoms with Crippen LogP contribution >= 0.6 is 27.3 Å². The predicted molar refractivity (Wildman–Crippen MR) is 43.9 cm³/mol. The van der Waals surface area contributed by atoms with Gasteiger partial charge in [0.25, 0.3) is 0 Å². The molecule has 1 heterocycles. The lowest BCUT2D eigenvalue weighted by Crippen LogP contribution is -2.07. The van der Waals surface area contributed by atoms with E-state index in [1.54, 1.807) is 5.38 Å². The largest absolute Gasteiger partial charge is 0.237 e. The van der Waals surface area contributed by atoms with Gasteiger partial charge in [0.1, 0.15) is 9.61 Å². The van der Waals surface area contributed by atoms with Crippen LogP contribution in [0.15, 0.2) is 9.98 Å². The van der Waals surface area contributed by atoms with Crippen LogP contribution in [0.2, 0.25) is 0 Å². The van der Waals surface area contributed by atoms with Gasteiger partial charge >= 0.3 is 0 Å². The first-order valence-electron chi connectivity index (χ1n) is 2.80. The Morgan fingerprint density at radius 2 is 2.30 bits per heavy atom. The molecule has 0 amide bonds. The summed E-state index contributed by atoms with van der Waals surface area (Å²) in [5, 5.41) is 2.29. The SMILES string of the molecule is CC(C)(F)c1nc(Br)cs1. The highest BCUT2D eigenvalue weighted by molar-refractivity contribution is 9.10. The number of hydrogen-bond acceptors (Lipinski definition) is 2. The van der Waals surface area contributed by atoms with Gasteiger partial charge in [-0.15, -0.1) is 11.3 Å². The lowest BCUT2D eigenvalue weighted by molar-refractivity contribution is 0.220. The molecule has 0 bridgehead atoms. The highest BCUT2D eigenvalue weighted by atomic mass is 79.9. The van der Waals surface area contributed by atoms with Crippen molar-refractivity contribution in [1.29, 1.82) is 0 Å². The van der Waals surface area contributed by atoms with Crippen LogP contribution in [0.4, 0.5) is 4.39 Å². The number of aromatic nitrogens is 1. The Morgan fingerprint density at radius 3 is 2.50 bits per heavy atom. The van der Waals surface area contributed by atoms with Gasteiger partial charge in [0.15, 0.2) is 5.67 Å². The van der Waals surface area contributed by atoms with Crippen LogP contribution in [0.3, 0.4) is 0 Å². The summed E-state index contributed by atoms with van der Waals surface area (Å²) in [5.41, 5.74) is -1.31. The van der Waals surface area contributed by atoms with Crippen molar-refractivity contribution >= 4 is 27.3 Å². The second-order valence-electron chi connectivity index (χ2n) is 2.45. The number of thiazole rings is 1. The zero-order valence-corrected chi connectivity index (χ0v) is 8.09. The third-order valence-corrected chi connectivity index (χ3v) is 2.84. The first kappa shape index (κ1) is 8.14. The van der Waals surface area contributed by atoms with Crippen molar-refractivity contribution in [1.82, 2.24) is 4.98 Å². The highest BCUT2D eigenvalue weighted by Crippen LogP contribution is 2.28. The standard InChI is InChI=1S/C6H7BrFNS/c1-6(2,8)5-9-4(7)3-10-5/h3H,1-2H3.